The van der Waals surface area contributed by atoms with E-state index in [2.05, 4.69) is 35.7 Å². The minimum Gasteiger partial charge on any atom is -0.462 e. The Morgan fingerprint density at radius 3 is 2.69 bits per heavy atom. The molecule has 3 rings (SSSR count). The first-order valence-electron chi connectivity index (χ1n) is 9.23. The number of hydrogen-bond acceptors (Lipinski definition) is 7. The Hall–Kier alpha value is -1.73. The van der Waals surface area contributed by atoms with Gasteiger partial charge in [-0.3, -0.25) is 0 Å². The lowest BCUT2D eigenvalue weighted by Crippen LogP contribution is -2.54. The van der Waals surface area contributed by atoms with E-state index < -0.39 is 0 Å². The Labute approximate surface area is 159 Å². The number of carbonyl (C=O) groups excluding carboxylic acids is 1. The molecule has 2 aromatic rings. The predicted molar refractivity (Wildman–Crippen MR) is 106 cm³/mol. The van der Waals surface area contributed by atoms with Crippen molar-refractivity contribution in [2.45, 2.75) is 40.7 Å². The quantitative estimate of drug-likeness (QED) is 0.764. The molecule has 1 atom stereocenters. The van der Waals surface area contributed by atoms with E-state index in [1.54, 1.807) is 0 Å². The summed E-state index contributed by atoms with van der Waals surface area (Å²) in [4.78, 5) is 28.1. The smallest absolute Gasteiger partial charge is 0.348 e. The van der Waals surface area contributed by atoms with Crippen molar-refractivity contribution in [3.05, 3.63) is 16.3 Å². The second-order valence-electron chi connectivity index (χ2n) is 7.32. The molecule has 0 spiro atoms. The van der Waals surface area contributed by atoms with Crippen LogP contribution < -0.4 is 4.90 Å². The van der Waals surface area contributed by atoms with Gasteiger partial charge in [-0.1, -0.05) is 13.8 Å². The van der Waals surface area contributed by atoms with Crippen LogP contribution in [-0.4, -0.2) is 60.2 Å². The normalized spacial score (nSPS) is 18.7. The van der Waals surface area contributed by atoms with E-state index in [-0.39, 0.29) is 5.97 Å². The second kappa shape index (κ2) is 7.48. The average molecular weight is 377 g/mol. The molecule has 1 unspecified atom stereocenters. The van der Waals surface area contributed by atoms with Crippen LogP contribution in [0.2, 0.25) is 0 Å². The van der Waals surface area contributed by atoms with Crippen molar-refractivity contribution in [3.63, 3.8) is 0 Å². The highest BCUT2D eigenvalue weighted by atomic mass is 32.1. The van der Waals surface area contributed by atoms with Crippen LogP contribution in [0.1, 0.15) is 41.8 Å². The van der Waals surface area contributed by atoms with Crippen LogP contribution in [-0.2, 0) is 4.74 Å². The lowest BCUT2D eigenvalue weighted by molar-refractivity contribution is 0.0531. The van der Waals surface area contributed by atoms with Gasteiger partial charge in [0.15, 0.2) is 0 Å². The van der Waals surface area contributed by atoms with Crippen molar-refractivity contribution >= 4 is 33.3 Å². The fraction of sp³-hybridized carbons (Fsp3) is 0.632. The molecule has 1 aliphatic rings. The van der Waals surface area contributed by atoms with Crippen LogP contribution in [0, 0.1) is 19.8 Å². The first-order valence-corrected chi connectivity index (χ1v) is 10.0. The fourth-order valence-electron chi connectivity index (χ4n) is 3.61. The van der Waals surface area contributed by atoms with Gasteiger partial charge in [0.05, 0.1) is 12.0 Å². The van der Waals surface area contributed by atoms with Crippen molar-refractivity contribution in [1.29, 1.82) is 0 Å². The van der Waals surface area contributed by atoms with Crippen LogP contribution in [0.25, 0.3) is 10.2 Å². The number of rotatable bonds is 4. The molecule has 1 aliphatic heterocycles. The van der Waals surface area contributed by atoms with Crippen LogP contribution >= 0.6 is 11.3 Å². The SMILES string of the molecule is CCOC(=O)c1sc2nc(C)nc(N3CCN(C)CC3C(C)C)c2c1C. The molecule has 0 saturated carbocycles. The summed E-state index contributed by atoms with van der Waals surface area (Å²) in [6.45, 7) is 13.5. The molecule has 0 aliphatic carbocycles. The van der Waals surface area contributed by atoms with Crippen LogP contribution in [0.15, 0.2) is 0 Å². The van der Waals surface area contributed by atoms with Gasteiger partial charge < -0.3 is 14.5 Å². The third-order valence-corrected chi connectivity index (χ3v) is 6.17. The zero-order valence-corrected chi connectivity index (χ0v) is 17.3. The third-order valence-electron chi connectivity index (χ3n) is 5.01. The first-order chi connectivity index (χ1) is 12.3. The number of thiophene rings is 1. The van der Waals surface area contributed by atoms with Crippen molar-refractivity contribution in [3.8, 4) is 0 Å². The molecule has 3 heterocycles. The number of anilines is 1. The van der Waals surface area contributed by atoms with Gasteiger partial charge in [0.2, 0.25) is 0 Å². The summed E-state index contributed by atoms with van der Waals surface area (Å²) in [5.41, 5.74) is 0.930. The van der Waals surface area contributed by atoms with E-state index in [0.717, 1.165) is 47.1 Å². The van der Waals surface area contributed by atoms with Crippen molar-refractivity contribution < 1.29 is 9.53 Å². The monoisotopic (exact) mass is 376 g/mol. The van der Waals surface area contributed by atoms with Gasteiger partial charge >= 0.3 is 5.97 Å². The number of piperazine rings is 1. The van der Waals surface area contributed by atoms with E-state index in [0.29, 0.717) is 23.4 Å². The van der Waals surface area contributed by atoms with Gasteiger partial charge in [-0.05, 0) is 39.3 Å². The zero-order valence-electron chi connectivity index (χ0n) is 16.5. The second-order valence-corrected chi connectivity index (χ2v) is 8.32. The number of ether oxygens (including phenoxy) is 1. The highest BCUT2D eigenvalue weighted by Crippen LogP contribution is 2.37. The molecule has 142 valence electrons. The summed E-state index contributed by atoms with van der Waals surface area (Å²) in [6.07, 6.45) is 0. The predicted octanol–water partition coefficient (Wildman–Crippen LogP) is 3.26. The molecule has 2 aromatic heterocycles. The maximum atomic E-state index is 12.3. The number of nitrogens with zero attached hydrogens (tertiary/aromatic N) is 4. The Morgan fingerprint density at radius 1 is 1.31 bits per heavy atom. The van der Waals surface area contributed by atoms with Gasteiger partial charge in [0.1, 0.15) is 21.3 Å². The van der Waals surface area contributed by atoms with Crippen LogP contribution in [0.3, 0.4) is 0 Å². The molecule has 7 heteroatoms. The molecule has 1 fully saturated rings. The lowest BCUT2D eigenvalue weighted by atomic mass is 9.99. The van der Waals surface area contributed by atoms with E-state index in [9.17, 15) is 4.79 Å². The van der Waals surface area contributed by atoms with Gasteiger partial charge in [-0.15, -0.1) is 11.3 Å². The minimum absolute atomic E-state index is 0.268. The Morgan fingerprint density at radius 2 is 2.04 bits per heavy atom. The molecule has 1 saturated heterocycles. The molecule has 0 aromatic carbocycles. The number of hydrogen-bond donors (Lipinski definition) is 0. The summed E-state index contributed by atoms with van der Waals surface area (Å²) in [7, 11) is 2.17. The first kappa shape index (κ1) is 19.0. The molecular formula is C19H28N4O2S. The topological polar surface area (TPSA) is 58.6 Å². The number of aromatic nitrogens is 2. The van der Waals surface area contributed by atoms with Crippen molar-refractivity contribution in [2.75, 3.05) is 38.2 Å². The summed E-state index contributed by atoms with van der Waals surface area (Å²) in [5.74, 6) is 1.94. The maximum absolute atomic E-state index is 12.3. The molecule has 0 N–H and O–H groups in total. The number of carbonyl (C=O) groups is 1. The van der Waals surface area contributed by atoms with E-state index in [4.69, 9.17) is 9.72 Å². The maximum Gasteiger partial charge on any atom is 0.348 e. The zero-order chi connectivity index (χ0) is 19.0. The molecular weight excluding hydrogens is 348 g/mol. The molecule has 0 bridgehead atoms. The standard InChI is InChI=1S/C19H28N4O2S/c1-7-25-19(24)16-12(4)15-17(20-13(5)21-18(15)26-16)23-9-8-22(6)10-14(23)11(2)3/h11,14H,7-10H2,1-6H3. The van der Waals surface area contributed by atoms with Gasteiger partial charge in [0.25, 0.3) is 0 Å². The summed E-state index contributed by atoms with van der Waals surface area (Å²) >= 11 is 1.41. The van der Waals surface area contributed by atoms with Crippen molar-refractivity contribution in [1.82, 2.24) is 14.9 Å². The summed E-state index contributed by atoms with van der Waals surface area (Å²) < 4.78 is 5.23. The Balaban J connectivity index is 2.14. The van der Waals surface area contributed by atoms with Gasteiger partial charge in [-0.2, -0.15) is 0 Å². The minimum atomic E-state index is -0.268. The van der Waals surface area contributed by atoms with Crippen molar-refractivity contribution in [2.24, 2.45) is 5.92 Å². The van der Waals surface area contributed by atoms with E-state index in [1.807, 2.05) is 20.8 Å². The Kier molecular flexibility index (Phi) is 5.48. The van der Waals surface area contributed by atoms with Crippen LogP contribution in [0.5, 0.6) is 0 Å². The number of fused-ring (bicyclic) bond motifs is 1. The largest absolute Gasteiger partial charge is 0.462 e. The molecule has 0 radical (unpaired) electrons. The summed E-state index contributed by atoms with van der Waals surface area (Å²) in [6, 6.07) is 0.386. The third kappa shape index (κ3) is 3.42. The van der Waals surface area contributed by atoms with E-state index in [1.165, 1.54) is 11.3 Å². The van der Waals surface area contributed by atoms with Crippen LogP contribution in [0.4, 0.5) is 5.82 Å². The highest BCUT2D eigenvalue weighted by Gasteiger charge is 2.31. The number of aryl methyl sites for hydroxylation is 2. The highest BCUT2D eigenvalue weighted by molar-refractivity contribution is 7.20. The fourth-order valence-corrected chi connectivity index (χ4v) is 4.72. The Bertz CT molecular complexity index is 817. The van der Waals surface area contributed by atoms with Gasteiger partial charge in [-0.25, -0.2) is 14.8 Å². The summed E-state index contributed by atoms with van der Waals surface area (Å²) in [5, 5.41) is 0.999. The lowest BCUT2D eigenvalue weighted by Gasteiger charge is -2.43. The molecule has 0 amide bonds. The van der Waals surface area contributed by atoms with E-state index >= 15 is 0 Å². The molecule has 6 nitrogen and oxygen atoms in total. The molecule has 26 heavy (non-hydrogen) atoms. The number of esters is 1. The number of likely N-dealkylation sites (N-methyl/N-ethyl adjacent to an activating group) is 1. The van der Waals surface area contributed by atoms with Gasteiger partial charge in [0, 0.05) is 25.7 Å². The average Bonchev–Trinajstić information content (AvgIpc) is 2.91.